The standard InChI is InChI=1S/C20H31N3O2/c1-14-10-15(2)12-23(11-14)20(25)16(3)22(5)13-17-6-8-18(9-7-17)19(24)21-4/h6-9,14-16H,10-13H2,1-5H3,(H,21,24)/t14-,15-,16-/m1/s1. The van der Waals surface area contributed by atoms with Gasteiger partial charge in [-0.15, -0.1) is 0 Å². The molecular weight excluding hydrogens is 314 g/mol. The summed E-state index contributed by atoms with van der Waals surface area (Å²) in [6, 6.07) is 7.38. The van der Waals surface area contributed by atoms with E-state index in [9.17, 15) is 9.59 Å². The SMILES string of the molecule is CNC(=O)c1ccc(CN(C)[C@H](C)C(=O)N2C[C@H](C)C[C@@H](C)C2)cc1. The molecule has 0 saturated carbocycles. The van der Waals surface area contributed by atoms with E-state index in [2.05, 4.69) is 24.1 Å². The largest absolute Gasteiger partial charge is 0.355 e. The summed E-state index contributed by atoms with van der Waals surface area (Å²) < 4.78 is 0. The predicted molar refractivity (Wildman–Crippen MR) is 100 cm³/mol. The van der Waals surface area contributed by atoms with Gasteiger partial charge in [-0.25, -0.2) is 0 Å². The highest BCUT2D eigenvalue weighted by Gasteiger charge is 2.29. The van der Waals surface area contributed by atoms with Crippen molar-refractivity contribution in [3.63, 3.8) is 0 Å². The molecule has 0 radical (unpaired) electrons. The van der Waals surface area contributed by atoms with Crippen molar-refractivity contribution in [2.45, 2.75) is 39.8 Å². The minimum Gasteiger partial charge on any atom is -0.355 e. The van der Waals surface area contributed by atoms with Crippen LogP contribution in [-0.4, -0.2) is 54.8 Å². The molecule has 5 heteroatoms. The van der Waals surface area contributed by atoms with Crippen LogP contribution in [0.2, 0.25) is 0 Å². The summed E-state index contributed by atoms with van der Waals surface area (Å²) in [6.07, 6.45) is 1.20. The number of carbonyl (C=O) groups excluding carboxylic acids is 2. The first-order chi connectivity index (χ1) is 11.8. The zero-order chi connectivity index (χ0) is 18.6. The van der Waals surface area contributed by atoms with Gasteiger partial charge in [-0.3, -0.25) is 14.5 Å². The molecule has 1 aromatic carbocycles. The average molecular weight is 345 g/mol. The fourth-order valence-electron chi connectivity index (χ4n) is 3.63. The fourth-order valence-corrected chi connectivity index (χ4v) is 3.63. The number of amides is 2. The van der Waals surface area contributed by atoms with Crippen LogP contribution in [0.3, 0.4) is 0 Å². The van der Waals surface area contributed by atoms with Gasteiger partial charge in [-0.1, -0.05) is 26.0 Å². The Labute approximate surface area is 151 Å². The van der Waals surface area contributed by atoms with Crippen LogP contribution in [0, 0.1) is 11.8 Å². The second kappa shape index (κ2) is 8.48. The van der Waals surface area contributed by atoms with Crippen LogP contribution >= 0.6 is 0 Å². The number of nitrogens with zero attached hydrogens (tertiary/aromatic N) is 2. The lowest BCUT2D eigenvalue weighted by Crippen LogP contribution is -2.50. The first-order valence-electron chi connectivity index (χ1n) is 9.11. The Balaban J connectivity index is 1.96. The molecule has 1 N–H and O–H groups in total. The highest BCUT2D eigenvalue weighted by atomic mass is 16.2. The van der Waals surface area contributed by atoms with Gasteiger partial charge in [-0.05, 0) is 49.9 Å². The number of piperidine rings is 1. The van der Waals surface area contributed by atoms with E-state index in [4.69, 9.17) is 0 Å². The first kappa shape index (κ1) is 19.4. The minimum atomic E-state index is -0.156. The smallest absolute Gasteiger partial charge is 0.251 e. The molecule has 1 aliphatic heterocycles. The normalized spacial score (nSPS) is 21.9. The maximum atomic E-state index is 12.8. The summed E-state index contributed by atoms with van der Waals surface area (Å²) in [5.41, 5.74) is 1.74. The molecule has 1 fully saturated rings. The number of likely N-dealkylation sites (N-methyl/N-ethyl adjacent to an activating group) is 1. The van der Waals surface area contributed by atoms with Crippen LogP contribution in [0.25, 0.3) is 0 Å². The Morgan fingerprint density at radius 3 is 2.28 bits per heavy atom. The van der Waals surface area contributed by atoms with Crippen molar-refractivity contribution in [3.05, 3.63) is 35.4 Å². The Morgan fingerprint density at radius 2 is 1.76 bits per heavy atom. The van der Waals surface area contributed by atoms with E-state index in [0.717, 1.165) is 18.7 Å². The van der Waals surface area contributed by atoms with Gasteiger partial charge in [0, 0.05) is 32.2 Å². The molecule has 0 unspecified atom stereocenters. The van der Waals surface area contributed by atoms with Crippen molar-refractivity contribution in [1.82, 2.24) is 15.1 Å². The van der Waals surface area contributed by atoms with Gasteiger partial charge in [0.25, 0.3) is 5.91 Å². The van der Waals surface area contributed by atoms with Crippen molar-refractivity contribution < 1.29 is 9.59 Å². The van der Waals surface area contributed by atoms with Crippen molar-refractivity contribution in [2.24, 2.45) is 11.8 Å². The van der Waals surface area contributed by atoms with E-state index >= 15 is 0 Å². The van der Waals surface area contributed by atoms with E-state index in [0.29, 0.717) is 23.9 Å². The van der Waals surface area contributed by atoms with Crippen LogP contribution < -0.4 is 5.32 Å². The molecule has 1 aromatic rings. The molecule has 0 bridgehead atoms. The molecule has 3 atom stereocenters. The highest BCUT2D eigenvalue weighted by Crippen LogP contribution is 2.22. The van der Waals surface area contributed by atoms with Crippen LogP contribution in [0.15, 0.2) is 24.3 Å². The third-order valence-corrected chi connectivity index (χ3v) is 5.07. The molecule has 0 aliphatic carbocycles. The number of likely N-dealkylation sites (tertiary alicyclic amines) is 1. The van der Waals surface area contributed by atoms with Crippen LogP contribution in [0.4, 0.5) is 0 Å². The molecule has 1 aliphatic rings. The number of nitrogens with one attached hydrogen (secondary N) is 1. The molecule has 2 amide bonds. The van der Waals surface area contributed by atoms with Crippen molar-refractivity contribution in [3.8, 4) is 0 Å². The van der Waals surface area contributed by atoms with E-state index in [1.165, 1.54) is 6.42 Å². The van der Waals surface area contributed by atoms with Gasteiger partial charge < -0.3 is 10.2 Å². The molecule has 5 nitrogen and oxygen atoms in total. The maximum Gasteiger partial charge on any atom is 0.251 e. The topological polar surface area (TPSA) is 52.7 Å². The van der Waals surface area contributed by atoms with Gasteiger partial charge >= 0.3 is 0 Å². The van der Waals surface area contributed by atoms with Crippen LogP contribution in [-0.2, 0) is 11.3 Å². The highest BCUT2D eigenvalue weighted by molar-refractivity contribution is 5.93. The van der Waals surface area contributed by atoms with Gasteiger partial charge in [0.15, 0.2) is 0 Å². The Bertz CT molecular complexity index is 589. The lowest BCUT2D eigenvalue weighted by Gasteiger charge is -2.38. The molecule has 1 saturated heterocycles. The molecule has 0 spiro atoms. The van der Waals surface area contributed by atoms with E-state index in [1.807, 2.05) is 43.1 Å². The van der Waals surface area contributed by atoms with E-state index in [-0.39, 0.29) is 17.9 Å². The summed E-state index contributed by atoms with van der Waals surface area (Å²) >= 11 is 0. The van der Waals surface area contributed by atoms with Gasteiger partial charge in [-0.2, -0.15) is 0 Å². The molecule has 25 heavy (non-hydrogen) atoms. The average Bonchev–Trinajstić information content (AvgIpc) is 2.59. The third-order valence-electron chi connectivity index (χ3n) is 5.07. The monoisotopic (exact) mass is 345 g/mol. The Kier molecular flexibility index (Phi) is 6.59. The zero-order valence-electron chi connectivity index (χ0n) is 16.1. The van der Waals surface area contributed by atoms with Crippen LogP contribution in [0.5, 0.6) is 0 Å². The quantitative estimate of drug-likeness (QED) is 0.891. The van der Waals surface area contributed by atoms with Gasteiger partial charge in [0.2, 0.25) is 5.91 Å². The molecular formula is C20H31N3O2. The number of hydrogen-bond acceptors (Lipinski definition) is 3. The number of carbonyl (C=O) groups is 2. The van der Waals surface area contributed by atoms with Crippen molar-refractivity contribution >= 4 is 11.8 Å². The number of hydrogen-bond donors (Lipinski definition) is 1. The lowest BCUT2D eigenvalue weighted by atomic mass is 9.91. The second-order valence-corrected chi connectivity index (χ2v) is 7.56. The summed E-state index contributed by atoms with van der Waals surface area (Å²) in [4.78, 5) is 28.5. The van der Waals surface area contributed by atoms with Crippen LogP contribution in [0.1, 0.15) is 43.1 Å². The predicted octanol–water partition coefficient (Wildman–Crippen LogP) is 2.37. The summed E-state index contributed by atoms with van der Waals surface area (Å²) in [6.45, 7) is 8.83. The Hall–Kier alpha value is -1.88. The summed E-state index contributed by atoms with van der Waals surface area (Å²) in [5, 5.41) is 2.62. The second-order valence-electron chi connectivity index (χ2n) is 7.56. The molecule has 0 aromatic heterocycles. The van der Waals surface area contributed by atoms with E-state index in [1.54, 1.807) is 7.05 Å². The van der Waals surface area contributed by atoms with Crippen molar-refractivity contribution in [1.29, 1.82) is 0 Å². The molecule has 2 rings (SSSR count). The minimum absolute atomic E-state index is 0.0863. The summed E-state index contributed by atoms with van der Waals surface area (Å²) in [5.74, 6) is 1.27. The maximum absolute atomic E-state index is 12.8. The Morgan fingerprint density at radius 1 is 1.20 bits per heavy atom. The van der Waals surface area contributed by atoms with Crippen molar-refractivity contribution in [2.75, 3.05) is 27.2 Å². The fraction of sp³-hybridized carbons (Fsp3) is 0.600. The first-order valence-corrected chi connectivity index (χ1v) is 9.11. The lowest BCUT2D eigenvalue weighted by molar-refractivity contribution is -0.138. The van der Waals surface area contributed by atoms with E-state index < -0.39 is 0 Å². The molecule has 138 valence electrons. The zero-order valence-corrected chi connectivity index (χ0v) is 16.1. The van der Waals surface area contributed by atoms with Gasteiger partial charge in [0.1, 0.15) is 0 Å². The van der Waals surface area contributed by atoms with Gasteiger partial charge in [0.05, 0.1) is 6.04 Å². The molecule has 1 heterocycles. The third kappa shape index (κ3) is 5.05. The summed E-state index contributed by atoms with van der Waals surface area (Å²) in [7, 11) is 3.60. The number of benzene rings is 1. The number of rotatable bonds is 5.